The standard InChI is InChI=1S/C9H11BrN2O/c1-2-7-5-13-8-3-6(10)4-11-9(8)12-7/h3-4,7H,2,5H2,1H3,(H,11,12). The van der Waals surface area contributed by atoms with Gasteiger partial charge < -0.3 is 10.1 Å². The Morgan fingerprint density at radius 2 is 2.62 bits per heavy atom. The molecule has 1 unspecified atom stereocenters. The Kier molecular flexibility index (Phi) is 2.40. The Labute approximate surface area is 85.6 Å². The highest BCUT2D eigenvalue weighted by Gasteiger charge is 2.18. The van der Waals surface area contributed by atoms with Gasteiger partial charge in [0.1, 0.15) is 6.61 Å². The quantitative estimate of drug-likeness (QED) is 0.822. The highest BCUT2D eigenvalue weighted by molar-refractivity contribution is 9.10. The summed E-state index contributed by atoms with van der Waals surface area (Å²) in [5.74, 6) is 1.68. The van der Waals surface area contributed by atoms with Gasteiger partial charge in [0.05, 0.1) is 6.04 Å². The third-order valence-electron chi connectivity index (χ3n) is 2.09. The van der Waals surface area contributed by atoms with Gasteiger partial charge in [0.2, 0.25) is 0 Å². The minimum Gasteiger partial charge on any atom is -0.488 e. The molecule has 0 aromatic carbocycles. The molecule has 1 aliphatic rings. The van der Waals surface area contributed by atoms with Crippen molar-refractivity contribution in [3.63, 3.8) is 0 Å². The molecule has 3 nitrogen and oxygen atoms in total. The molecule has 0 bridgehead atoms. The van der Waals surface area contributed by atoms with Crippen LogP contribution in [-0.2, 0) is 0 Å². The second-order valence-electron chi connectivity index (χ2n) is 3.06. The zero-order chi connectivity index (χ0) is 9.26. The van der Waals surface area contributed by atoms with Crippen molar-refractivity contribution in [1.82, 2.24) is 4.98 Å². The van der Waals surface area contributed by atoms with Crippen LogP contribution in [0.1, 0.15) is 13.3 Å². The van der Waals surface area contributed by atoms with Gasteiger partial charge in [0.15, 0.2) is 11.6 Å². The molecule has 0 aliphatic carbocycles. The lowest BCUT2D eigenvalue weighted by Crippen LogP contribution is -2.31. The number of nitrogens with zero attached hydrogens (tertiary/aromatic N) is 1. The normalized spacial score (nSPS) is 20.0. The third kappa shape index (κ3) is 1.77. The van der Waals surface area contributed by atoms with E-state index in [9.17, 15) is 0 Å². The first-order chi connectivity index (χ1) is 6.29. The van der Waals surface area contributed by atoms with E-state index in [0.29, 0.717) is 6.04 Å². The molecular weight excluding hydrogens is 232 g/mol. The number of pyridine rings is 1. The lowest BCUT2D eigenvalue weighted by molar-refractivity contribution is 0.279. The first-order valence-electron chi connectivity index (χ1n) is 4.34. The van der Waals surface area contributed by atoms with E-state index in [1.54, 1.807) is 6.20 Å². The molecule has 1 aliphatic heterocycles. The van der Waals surface area contributed by atoms with Crippen molar-refractivity contribution in [2.24, 2.45) is 0 Å². The summed E-state index contributed by atoms with van der Waals surface area (Å²) in [7, 11) is 0. The van der Waals surface area contributed by atoms with Crippen molar-refractivity contribution in [3.8, 4) is 5.75 Å². The number of fused-ring (bicyclic) bond motifs is 1. The summed E-state index contributed by atoms with van der Waals surface area (Å²) in [6.45, 7) is 2.85. The van der Waals surface area contributed by atoms with E-state index in [2.05, 4.69) is 33.2 Å². The number of nitrogens with one attached hydrogen (secondary N) is 1. The van der Waals surface area contributed by atoms with E-state index >= 15 is 0 Å². The van der Waals surface area contributed by atoms with E-state index in [0.717, 1.165) is 29.1 Å². The Morgan fingerprint density at radius 3 is 3.38 bits per heavy atom. The van der Waals surface area contributed by atoms with Gasteiger partial charge >= 0.3 is 0 Å². The zero-order valence-corrected chi connectivity index (χ0v) is 8.97. The molecule has 1 atom stereocenters. The molecule has 0 saturated carbocycles. The Balaban J connectivity index is 2.26. The van der Waals surface area contributed by atoms with Gasteiger partial charge in [0, 0.05) is 10.7 Å². The average molecular weight is 243 g/mol. The summed E-state index contributed by atoms with van der Waals surface area (Å²) in [4.78, 5) is 4.23. The molecule has 70 valence electrons. The number of aromatic nitrogens is 1. The Bertz CT molecular complexity index is 316. The lowest BCUT2D eigenvalue weighted by atomic mass is 10.2. The maximum atomic E-state index is 5.55. The fourth-order valence-electron chi connectivity index (χ4n) is 1.28. The molecule has 13 heavy (non-hydrogen) atoms. The molecular formula is C9H11BrN2O. The van der Waals surface area contributed by atoms with E-state index in [1.165, 1.54) is 0 Å². The molecule has 0 spiro atoms. The van der Waals surface area contributed by atoms with Crippen molar-refractivity contribution in [3.05, 3.63) is 16.7 Å². The van der Waals surface area contributed by atoms with E-state index in [1.807, 2.05) is 6.07 Å². The second-order valence-corrected chi connectivity index (χ2v) is 3.98. The van der Waals surface area contributed by atoms with Crippen LogP contribution in [0.3, 0.4) is 0 Å². The summed E-state index contributed by atoms with van der Waals surface area (Å²) in [6.07, 6.45) is 2.82. The van der Waals surface area contributed by atoms with Crippen LogP contribution >= 0.6 is 15.9 Å². The molecule has 4 heteroatoms. The third-order valence-corrected chi connectivity index (χ3v) is 2.53. The van der Waals surface area contributed by atoms with Crippen LogP contribution in [0.5, 0.6) is 5.75 Å². The molecule has 1 N–H and O–H groups in total. The largest absolute Gasteiger partial charge is 0.488 e. The highest BCUT2D eigenvalue weighted by atomic mass is 79.9. The highest BCUT2D eigenvalue weighted by Crippen LogP contribution is 2.29. The zero-order valence-electron chi connectivity index (χ0n) is 7.38. The van der Waals surface area contributed by atoms with Gasteiger partial charge in [-0.15, -0.1) is 0 Å². The van der Waals surface area contributed by atoms with Crippen LogP contribution < -0.4 is 10.1 Å². The minimum atomic E-state index is 0.390. The Hall–Kier alpha value is -0.770. The van der Waals surface area contributed by atoms with Crippen molar-refractivity contribution in [2.75, 3.05) is 11.9 Å². The second kappa shape index (κ2) is 3.54. The van der Waals surface area contributed by atoms with Crippen LogP contribution in [0.2, 0.25) is 0 Å². The summed E-state index contributed by atoms with van der Waals surface area (Å²) in [6, 6.07) is 2.32. The fourth-order valence-corrected chi connectivity index (χ4v) is 1.59. The molecule has 1 aromatic rings. The van der Waals surface area contributed by atoms with Crippen molar-refractivity contribution in [1.29, 1.82) is 0 Å². The topological polar surface area (TPSA) is 34.1 Å². The first kappa shape index (κ1) is 8.81. The lowest BCUT2D eigenvalue weighted by Gasteiger charge is -2.25. The van der Waals surface area contributed by atoms with Gasteiger partial charge in [-0.3, -0.25) is 0 Å². The predicted molar refractivity (Wildman–Crippen MR) is 55.1 cm³/mol. The van der Waals surface area contributed by atoms with Crippen molar-refractivity contribution < 1.29 is 4.74 Å². The summed E-state index contributed by atoms with van der Waals surface area (Å²) in [5, 5.41) is 3.32. The SMILES string of the molecule is CCC1COc2cc(Br)cnc2N1. The van der Waals surface area contributed by atoms with Gasteiger partial charge in [-0.2, -0.15) is 0 Å². The van der Waals surface area contributed by atoms with Gasteiger partial charge in [-0.05, 0) is 28.4 Å². The van der Waals surface area contributed by atoms with E-state index in [-0.39, 0.29) is 0 Å². The van der Waals surface area contributed by atoms with Gasteiger partial charge in [-0.1, -0.05) is 6.92 Å². The first-order valence-corrected chi connectivity index (χ1v) is 5.13. The number of ether oxygens (including phenoxy) is 1. The van der Waals surface area contributed by atoms with Crippen LogP contribution in [0.25, 0.3) is 0 Å². The summed E-state index contributed by atoms with van der Waals surface area (Å²) >= 11 is 3.35. The van der Waals surface area contributed by atoms with Gasteiger partial charge in [0.25, 0.3) is 0 Å². The fraction of sp³-hybridized carbons (Fsp3) is 0.444. The molecule has 2 rings (SSSR count). The molecule has 0 amide bonds. The maximum Gasteiger partial charge on any atom is 0.169 e. The van der Waals surface area contributed by atoms with Crippen molar-refractivity contribution >= 4 is 21.7 Å². The van der Waals surface area contributed by atoms with Crippen LogP contribution in [-0.4, -0.2) is 17.6 Å². The number of anilines is 1. The summed E-state index contributed by atoms with van der Waals surface area (Å²) in [5.41, 5.74) is 0. The number of halogens is 1. The molecule has 2 heterocycles. The van der Waals surface area contributed by atoms with Crippen molar-refractivity contribution in [2.45, 2.75) is 19.4 Å². The average Bonchev–Trinajstić information content (AvgIpc) is 2.17. The van der Waals surface area contributed by atoms with E-state index in [4.69, 9.17) is 4.74 Å². The summed E-state index contributed by atoms with van der Waals surface area (Å²) < 4.78 is 6.50. The molecule has 1 aromatic heterocycles. The molecule has 0 radical (unpaired) electrons. The van der Waals surface area contributed by atoms with Crippen LogP contribution in [0.4, 0.5) is 5.82 Å². The minimum absolute atomic E-state index is 0.390. The van der Waals surface area contributed by atoms with E-state index < -0.39 is 0 Å². The predicted octanol–water partition coefficient (Wildman–Crippen LogP) is 2.43. The number of hydrogen-bond acceptors (Lipinski definition) is 3. The van der Waals surface area contributed by atoms with Crippen LogP contribution in [0, 0.1) is 0 Å². The maximum absolute atomic E-state index is 5.55. The molecule has 0 saturated heterocycles. The molecule has 0 fully saturated rings. The number of hydrogen-bond donors (Lipinski definition) is 1. The number of rotatable bonds is 1. The van der Waals surface area contributed by atoms with Gasteiger partial charge in [-0.25, -0.2) is 4.98 Å². The Morgan fingerprint density at radius 1 is 1.77 bits per heavy atom. The monoisotopic (exact) mass is 242 g/mol. The smallest absolute Gasteiger partial charge is 0.169 e. The van der Waals surface area contributed by atoms with Crippen LogP contribution in [0.15, 0.2) is 16.7 Å².